The van der Waals surface area contributed by atoms with Gasteiger partial charge in [0.1, 0.15) is 5.82 Å². The number of hydrogen-bond donors (Lipinski definition) is 2. The van der Waals surface area contributed by atoms with Crippen molar-refractivity contribution in [3.05, 3.63) is 97.2 Å². The van der Waals surface area contributed by atoms with Crippen LogP contribution in [0.3, 0.4) is 0 Å². The third-order valence-electron chi connectivity index (χ3n) is 4.67. The molecule has 28 heavy (non-hydrogen) atoms. The van der Waals surface area contributed by atoms with Crippen molar-refractivity contribution < 1.29 is 0 Å². The summed E-state index contributed by atoms with van der Waals surface area (Å²) in [5, 5.41) is 3.05. The molecule has 4 rings (SSSR count). The molecule has 0 spiro atoms. The quantitative estimate of drug-likeness (QED) is 0.466. The number of benzene rings is 3. The molecule has 1 aromatic heterocycles. The van der Waals surface area contributed by atoms with Crippen molar-refractivity contribution in [1.29, 1.82) is 0 Å². The minimum Gasteiger partial charge on any atom is -0.395 e. The van der Waals surface area contributed by atoms with E-state index >= 15 is 0 Å². The first-order valence-corrected chi connectivity index (χ1v) is 9.21. The highest BCUT2D eigenvalue weighted by Gasteiger charge is 2.14. The number of nitrogens with one attached hydrogen (secondary N) is 1. The lowest BCUT2D eigenvalue weighted by molar-refractivity contribution is 1.28. The van der Waals surface area contributed by atoms with Gasteiger partial charge in [-0.3, -0.25) is 0 Å². The molecule has 4 nitrogen and oxygen atoms in total. The molecule has 0 saturated carbocycles. The van der Waals surface area contributed by atoms with Crippen LogP contribution >= 0.6 is 0 Å². The molecule has 4 heteroatoms. The number of nitrogen functional groups attached to an aromatic ring is 1. The molecule has 0 saturated heterocycles. The largest absolute Gasteiger partial charge is 0.395 e. The summed E-state index contributed by atoms with van der Waals surface area (Å²) in [6.07, 6.45) is 1.77. The van der Waals surface area contributed by atoms with Crippen molar-refractivity contribution in [3.8, 4) is 11.1 Å². The maximum atomic E-state index is 6.34. The van der Waals surface area contributed by atoms with Gasteiger partial charge in [0.15, 0.2) is 0 Å². The summed E-state index contributed by atoms with van der Waals surface area (Å²) in [7, 11) is 1.82. The third kappa shape index (κ3) is 3.40. The average Bonchev–Trinajstić information content (AvgIpc) is 2.76. The maximum absolute atomic E-state index is 6.34. The first kappa shape index (κ1) is 17.6. The molecule has 4 aromatic rings. The van der Waals surface area contributed by atoms with Crippen LogP contribution < -0.4 is 16.0 Å². The Morgan fingerprint density at radius 2 is 1.36 bits per heavy atom. The number of nitrogens with two attached hydrogens (primary N) is 1. The number of rotatable bonds is 5. The highest BCUT2D eigenvalue weighted by molar-refractivity contribution is 5.86. The number of pyridine rings is 1. The van der Waals surface area contributed by atoms with Crippen molar-refractivity contribution in [1.82, 2.24) is 4.98 Å². The van der Waals surface area contributed by atoms with E-state index in [0.29, 0.717) is 11.5 Å². The van der Waals surface area contributed by atoms with Gasteiger partial charge in [-0.2, -0.15) is 0 Å². The fraction of sp³-hybridized carbons (Fsp3) is 0.0417. The average molecular weight is 366 g/mol. The zero-order valence-corrected chi connectivity index (χ0v) is 15.7. The molecular weight excluding hydrogens is 344 g/mol. The van der Waals surface area contributed by atoms with Gasteiger partial charge in [0.25, 0.3) is 0 Å². The molecule has 3 N–H and O–H groups in total. The first-order valence-electron chi connectivity index (χ1n) is 9.21. The summed E-state index contributed by atoms with van der Waals surface area (Å²) in [5.74, 6) is 0.686. The molecule has 0 fully saturated rings. The number of para-hydroxylation sites is 2. The van der Waals surface area contributed by atoms with Crippen LogP contribution in [0.25, 0.3) is 11.1 Å². The number of aromatic nitrogens is 1. The van der Waals surface area contributed by atoms with Crippen LogP contribution in [-0.4, -0.2) is 12.0 Å². The molecule has 0 amide bonds. The number of nitrogens with zero attached hydrogens (tertiary/aromatic N) is 2. The van der Waals surface area contributed by atoms with Crippen LogP contribution in [0, 0.1) is 0 Å². The third-order valence-corrected chi connectivity index (χ3v) is 4.67. The summed E-state index contributed by atoms with van der Waals surface area (Å²) >= 11 is 0. The summed E-state index contributed by atoms with van der Waals surface area (Å²) in [4.78, 5) is 6.53. The van der Waals surface area contributed by atoms with Crippen molar-refractivity contribution in [2.24, 2.45) is 0 Å². The normalized spacial score (nSPS) is 10.5. The maximum Gasteiger partial charge on any atom is 0.149 e. The van der Waals surface area contributed by atoms with E-state index in [0.717, 1.165) is 28.2 Å². The van der Waals surface area contributed by atoms with Gasteiger partial charge in [-0.1, -0.05) is 48.5 Å². The van der Waals surface area contributed by atoms with Gasteiger partial charge in [-0.05, 0) is 48.0 Å². The van der Waals surface area contributed by atoms with Crippen LogP contribution in [0.2, 0.25) is 0 Å². The molecule has 138 valence electrons. The van der Waals surface area contributed by atoms with E-state index in [4.69, 9.17) is 5.73 Å². The molecule has 0 aliphatic heterocycles. The predicted octanol–water partition coefficient (Wildman–Crippen LogP) is 5.84. The lowest BCUT2D eigenvalue weighted by atomic mass is 10.0. The van der Waals surface area contributed by atoms with Crippen molar-refractivity contribution in [2.75, 3.05) is 23.0 Å². The minimum absolute atomic E-state index is 0.646. The monoisotopic (exact) mass is 366 g/mol. The Balaban J connectivity index is 1.84. The Kier molecular flexibility index (Phi) is 4.93. The van der Waals surface area contributed by atoms with E-state index in [1.807, 2.05) is 25.2 Å². The van der Waals surface area contributed by atoms with Crippen molar-refractivity contribution in [3.63, 3.8) is 0 Å². The second-order valence-electron chi connectivity index (χ2n) is 6.43. The Morgan fingerprint density at radius 3 is 1.96 bits per heavy atom. The van der Waals surface area contributed by atoms with Gasteiger partial charge in [-0.15, -0.1) is 0 Å². The van der Waals surface area contributed by atoms with E-state index in [9.17, 15) is 0 Å². The smallest absolute Gasteiger partial charge is 0.149 e. The number of anilines is 5. The lowest BCUT2D eigenvalue weighted by Crippen LogP contribution is -2.09. The van der Waals surface area contributed by atoms with Gasteiger partial charge in [0.2, 0.25) is 0 Å². The Morgan fingerprint density at radius 1 is 0.750 bits per heavy atom. The van der Waals surface area contributed by atoms with Crippen LogP contribution in [0.4, 0.5) is 28.6 Å². The summed E-state index contributed by atoms with van der Waals surface area (Å²) in [5.41, 5.74) is 12.3. The van der Waals surface area contributed by atoms with Crippen LogP contribution in [0.1, 0.15) is 0 Å². The standard InChI is InChI=1S/C24H22N4/c1-26-24-23(25)22(15-16-27-24)18-9-8-14-21(17-18)28(19-10-4-2-5-11-19)20-12-6-3-7-13-20/h2-17H,25H2,1H3,(H,26,27). The van der Waals surface area contributed by atoms with Gasteiger partial charge in [0, 0.05) is 35.9 Å². The molecule has 0 bridgehead atoms. The second kappa shape index (κ2) is 7.84. The highest BCUT2D eigenvalue weighted by Crippen LogP contribution is 2.37. The zero-order chi connectivity index (χ0) is 19.3. The van der Waals surface area contributed by atoms with Gasteiger partial charge in [0.05, 0.1) is 5.69 Å². The molecule has 0 atom stereocenters. The number of hydrogen-bond acceptors (Lipinski definition) is 4. The first-order chi connectivity index (χ1) is 13.8. The molecule has 0 aliphatic carbocycles. The highest BCUT2D eigenvalue weighted by atomic mass is 15.1. The zero-order valence-electron chi connectivity index (χ0n) is 15.7. The second-order valence-corrected chi connectivity index (χ2v) is 6.43. The molecule has 3 aromatic carbocycles. The van der Waals surface area contributed by atoms with Gasteiger partial charge >= 0.3 is 0 Å². The molecule has 0 unspecified atom stereocenters. The molecule has 0 aliphatic rings. The van der Waals surface area contributed by atoms with E-state index in [1.54, 1.807) is 6.20 Å². The molecule has 0 radical (unpaired) electrons. The van der Waals surface area contributed by atoms with Gasteiger partial charge in [-0.25, -0.2) is 4.98 Å². The molecule has 1 heterocycles. The SMILES string of the molecule is CNc1nccc(-c2cccc(N(c3ccccc3)c3ccccc3)c2)c1N. The van der Waals surface area contributed by atoms with E-state index in [2.05, 4.69) is 88.0 Å². The fourth-order valence-electron chi connectivity index (χ4n) is 3.34. The Labute approximate surface area is 165 Å². The van der Waals surface area contributed by atoms with Gasteiger partial charge < -0.3 is 16.0 Å². The fourth-order valence-corrected chi connectivity index (χ4v) is 3.34. The summed E-state index contributed by atoms with van der Waals surface area (Å²) < 4.78 is 0. The summed E-state index contributed by atoms with van der Waals surface area (Å²) in [6.45, 7) is 0. The van der Waals surface area contributed by atoms with E-state index in [1.165, 1.54) is 0 Å². The summed E-state index contributed by atoms with van der Waals surface area (Å²) in [6, 6.07) is 31.0. The Hall–Kier alpha value is -3.79. The van der Waals surface area contributed by atoms with E-state index < -0.39 is 0 Å². The van der Waals surface area contributed by atoms with Crippen LogP contribution in [0.5, 0.6) is 0 Å². The Bertz CT molecular complexity index is 1020. The van der Waals surface area contributed by atoms with Crippen LogP contribution in [0.15, 0.2) is 97.2 Å². The molecular formula is C24H22N4. The lowest BCUT2D eigenvalue weighted by Gasteiger charge is -2.26. The van der Waals surface area contributed by atoms with Crippen molar-refractivity contribution in [2.45, 2.75) is 0 Å². The van der Waals surface area contributed by atoms with Crippen LogP contribution in [-0.2, 0) is 0 Å². The minimum atomic E-state index is 0.646. The van der Waals surface area contributed by atoms with Crippen molar-refractivity contribution >= 4 is 28.6 Å². The van der Waals surface area contributed by atoms with E-state index in [-0.39, 0.29) is 0 Å². The topological polar surface area (TPSA) is 54.2 Å². The predicted molar refractivity (Wildman–Crippen MR) is 118 cm³/mol.